The van der Waals surface area contributed by atoms with Gasteiger partial charge in [0.25, 0.3) is 0 Å². The fourth-order valence-electron chi connectivity index (χ4n) is 11.3. The molecule has 0 bridgehead atoms. The molecule has 0 aromatic rings. The minimum atomic E-state index is -4.95. The SMILES string of the molecule is CCC(C)CCCCCCCCCCCCCCCCCCCCC(=O)O[C@H](COC(=O)CCCCCCCCC(C)C)COP(=O)(O)OC[C@H](O)COP(=O)(O)OC[C@@H](COC(=O)CCCCCCCCCC(C)C)OC(=O)CCCCCCCCCCCCC(C)C. The molecule has 17 nitrogen and oxygen atoms in total. The topological polar surface area (TPSA) is 237 Å². The van der Waals surface area contributed by atoms with Crippen molar-refractivity contribution in [2.75, 3.05) is 39.6 Å². The van der Waals surface area contributed by atoms with Crippen LogP contribution in [0.15, 0.2) is 0 Å². The third kappa shape index (κ3) is 67.3. The molecule has 558 valence electrons. The van der Waals surface area contributed by atoms with Gasteiger partial charge in [-0.3, -0.25) is 37.3 Å². The molecule has 0 aliphatic rings. The van der Waals surface area contributed by atoms with Crippen LogP contribution in [-0.2, 0) is 65.4 Å². The van der Waals surface area contributed by atoms with E-state index >= 15 is 0 Å². The standard InChI is InChI=1S/C75H146O17P2/c1-9-68(8)54-46-38-29-23-18-16-14-12-10-11-13-15-17-19-24-30-41-49-57-74(79)92-71(62-86-73(78)56-48-40-34-33-37-45-53-67(6)7)64-90-94(83,84)88-60-69(76)59-87-93(81,82)89-63-70(61-85-72(77)55-47-39-32-26-28-36-44-52-66(4)5)91-75(80)58-50-42-31-25-21-20-22-27-35-43-51-65(2)3/h65-71,76H,9-64H2,1-8H3,(H,81,82)(H,83,84)/t68?,69-,70-,71-/m1/s1. The molecule has 0 aromatic carbocycles. The minimum Gasteiger partial charge on any atom is -0.462 e. The van der Waals surface area contributed by atoms with Crippen LogP contribution in [0, 0.1) is 23.7 Å². The number of unbranched alkanes of at least 4 members (excludes halogenated alkanes) is 37. The molecule has 3 N–H and O–H groups in total. The van der Waals surface area contributed by atoms with Gasteiger partial charge in [0.2, 0.25) is 0 Å². The van der Waals surface area contributed by atoms with Gasteiger partial charge >= 0.3 is 39.5 Å². The van der Waals surface area contributed by atoms with E-state index in [0.29, 0.717) is 37.5 Å². The largest absolute Gasteiger partial charge is 0.472 e. The van der Waals surface area contributed by atoms with Crippen molar-refractivity contribution < 1.29 is 80.2 Å². The molecule has 0 spiro atoms. The first-order valence-corrected chi connectivity index (χ1v) is 41.7. The molecule has 94 heavy (non-hydrogen) atoms. The predicted molar refractivity (Wildman–Crippen MR) is 381 cm³/mol. The van der Waals surface area contributed by atoms with Gasteiger partial charge in [-0.15, -0.1) is 0 Å². The Hall–Kier alpha value is -1.94. The summed E-state index contributed by atoms with van der Waals surface area (Å²) in [6, 6.07) is 0. The lowest BCUT2D eigenvalue weighted by atomic mass is 9.99. The molecule has 0 fully saturated rings. The van der Waals surface area contributed by atoms with Gasteiger partial charge in [-0.1, -0.05) is 325 Å². The lowest BCUT2D eigenvalue weighted by Gasteiger charge is -2.21. The highest BCUT2D eigenvalue weighted by Crippen LogP contribution is 2.45. The van der Waals surface area contributed by atoms with Crippen LogP contribution >= 0.6 is 15.6 Å². The third-order valence-corrected chi connectivity index (χ3v) is 19.6. The zero-order valence-corrected chi connectivity index (χ0v) is 63.4. The summed E-state index contributed by atoms with van der Waals surface area (Å²) in [4.78, 5) is 72.6. The quantitative estimate of drug-likeness (QED) is 0.0222. The van der Waals surface area contributed by atoms with Gasteiger partial charge in [-0.05, 0) is 49.4 Å². The summed E-state index contributed by atoms with van der Waals surface area (Å²) >= 11 is 0. The molecule has 0 aliphatic heterocycles. The van der Waals surface area contributed by atoms with Crippen molar-refractivity contribution in [2.24, 2.45) is 23.7 Å². The van der Waals surface area contributed by atoms with E-state index in [9.17, 15) is 43.2 Å². The Morgan fingerprint density at radius 1 is 0.298 bits per heavy atom. The van der Waals surface area contributed by atoms with Crippen LogP contribution in [0.4, 0.5) is 0 Å². The van der Waals surface area contributed by atoms with E-state index in [2.05, 4.69) is 55.4 Å². The summed E-state index contributed by atoms with van der Waals surface area (Å²) in [6.07, 6.45) is 48.9. The second kappa shape index (κ2) is 64.4. The number of esters is 4. The van der Waals surface area contributed by atoms with Crippen molar-refractivity contribution in [3.63, 3.8) is 0 Å². The highest BCUT2D eigenvalue weighted by atomic mass is 31.2. The van der Waals surface area contributed by atoms with Gasteiger partial charge in [0.1, 0.15) is 19.3 Å². The molecule has 19 heteroatoms. The van der Waals surface area contributed by atoms with Gasteiger partial charge in [0.05, 0.1) is 26.4 Å². The van der Waals surface area contributed by atoms with Crippen LogP contribution in [0.5, 0.6) is 0 Å². The van der Waals surface area contributed by atoms with Gasteiger partial charge in [0.15, 0.2) is 12.2 Å². The molecule has 6 atom stereocenters. The van der Waals surface area contributed by atoms with Crippen molar-refractivity contribution in [3.05, 3.63) is 0 Å². The summed E-state index contributed by atoms with van der Waals surface area (Å²) in [5, 5.41) is 10.6. The average molecular weight is 1380 g/mol. The van der Waals surface area contributed by atoms with E-state index in [0.717, 1.165) is 115 Å². The van der Waals surface area contributed by atoms with Crippen LogP contribution in [0.2, 0.25) is 0 Å². The molecule has 0 rings (SSSR count). The third-order valence-electron chi connectivity index (χ3n) is 17.7. The zero-order chi connectivity index (χ0) is 69.6. The number of carbonyl (C=O) groups is 4. The highest BCUT2D eigenvalue weighted by molar-refractivity contribution is 7.47. The van der Waals surface area contributed by atoms with Crippen LogP contribution in [0.3, 0.4) is 0 Å². The smallest absolute Gasteiger partial charge is 0.462 e. The fourth-order valence-corrected chi connectivity index (χ4v) is 12.9. The molecule has 0 saturated heterocycles. The van der Waals surface area contributed by atoms with Gasteiger partial charge in [0, 0.05) is 25.7 Å². The predicted octanol–water partition coefficient (Wildman–Crippen LogP) is 21.7. The first-order valence-electron chi connectivity index (χ1n) is 38.7. The molecule has 3 unspecified atom stereocenters. The van der Waals surface area contributed by atoms with Crippen LogP contribution in [-0.4, -0.2) is 96.7 Å². The second-order valence-electron chi connectivity index (χ2n) is 28.7. The second-order valence-corrected chi connectivity index (χ2v) is 31.6. The fraction of sp³-hybridized carbons (Fsp3) is 0.947. The molecule has 0 aliphatic carbocycles. The van der Waals surface area contributed by atoms with Crippen LogP contribution in [0.25, 0.3) is 0 Å². The lowest BCUT2D eigenvalue weighted by Crippen LogP contribution is -2.30. The number of hydrogen-bond acceptors (Lipinski definition) is 15. The first kappa shape index (κ1) is 92.1. The molecule has 0 heterocycles. The highest BCUT2D eigenvalue weighted by Gasteiger charge is 2.30. The Bertz CT molecular complexity index is 1850. The minimum absolute atomic E-state index is 0.105. The Labute approximate surface area is 575 Å². The Morgan fingerprint density at radius 2 is 0.511 bits per heavy atom. The maximum absolute atomic E-state index is 13.0. The van der Waals surface area contributed by atoms with Crippen molar-refractivity contribution in [1.29, 1.82) is 0 Å². The summed E-state index contributed by atoms with van der Waals surface area (Å²) in [6.45, 7) is 14.1. The number of carbonyl (C=O) groups excluding carboxylic acids is 4. The molecule has 0 saturated carbocycles. The van der Waals surface area contributed by atoms with Crippen molar-refractivity contribution >= 4 is 39.5 Å². The van der Waals surface area contributed by atoms with Gasteiger partial charge < -0.3 is 33.8 Å². The van der Waals surface area contributed by atoms with Crippen LogP contribution < -0.4 is 0 Å². The monoisotopic (exact) mass is 1380 g/mol. The molecule has 0 aromatic heterocycles. The molecular weight excluding hydrogens is 1230 g/mol. The summed E-state index contributed by atoms with van der Waals surface area (Å²) in [7, 11) is -9.91. The van der Waals surface area contributed by atoms with E-state index < -0.39 is 97.5 Å². The normalized spacial score (nSPS) is 14.4. The van der Waals surface area contributed by atoms with Gasteiger partial charge in [-0.2, -0.15) is 0 Å². The first-order chi connectivity index (χ1) is 45.1. The van der Waals surface area contributed by atoms with E-state index in [1.165, 1.54) is 167 Å². The van der Waals surface area contributed by atoms with Crippen molar-refractivity contribution in [2.45, 2.75) is 395 Å². The van der Waals surface area contributed by atoms with Crippen molar-refractivity contribution in [3.8, 4) is 0 Å². The average Bonchev–Trinajstić information content (AvgIpc) is 1.64. The van der Waals surface area contributed by atoms with Gasteiger partial charge in [-0.25, -0.2) is 9.13 Å². The van der Waals surface area contributed by atoms with Crippen LogP contribution in [0.1, 0.15) is 376 Å². The van der Waals surface area contributed by atoms with E-state index in [1.54, 1.807) is 0 Å². The number of aliphatic hydroxyl groups is 1. The number of ether oxygens (including phenoxy) is 4. The Kier molecular flexibility index (Phi) is 63.1. The maximum atomic E-state index is 13.0. The molecular formula is C75H146O17P2. The number of aliphatic hydroxyl groups excluding tert-OH is 1. The molecule has 0 radical (unpaired) electrons. The number of phosphoric acid groups is 2. The van der Waals surface area contributed by atoms with E-state index in [4.69, 9.17) is 37.0 Å². The zero-order valence-electron chi connectivity index (χ0n) is 61.6. The number of phosphoric ester groups is 2. The number of rotatable bonds is 72. The summed E-state index contributed by atoms with van der Waals surface area (Å²) in [5.74, 6) is 0.880. The van der Waals surface area contributed by atoms with Crippen molar-refractivity contribution in [1.82, 2.24) is 0 Å². The number of hydrogen-bond donors (Lipinski definition) is 3. The Balaban J connectivity index is 5.14. The lowest BCUT2D eigenvalue weighted by molar-refractivity contribution is -0.161. The summed E-state index contributed by atoms with van der Waals surface area (Å²) < 4.78 is 68.4. The Morgan fingerprint density at radius 3 is 0.755 bits per heavy atom. The molecule has 0 amide bonds. The maximum Gasteiger partial charge on any atom is 0.472 e. The summed E-state index contributed by atoms with van der Waals surface area (Å²) in [5.41, 5.74) is 0. The van der Waals surface area contributed by atoms with E-state index in [-0.39, 0.29) is 25.7 Å². The van der Waals surface area contributed by atoms with E-state index in [1.807, 2.05) is 0 Å².